The highest BCUT2D eigenvalue weighted by molar-refractivity contribution is 7.89. The number of aromatic nitrogens is 2. The average Bonchev–Trinajstić information content (AvgIpc) is 3.39. The highest BCUT2D eigenvalue weighted by Gasteiger charge is 2.28. The van der Waals surface area contributed by atoms with Gasteiger partial charge in [0, 0.05) is 29.4 Å². The fourth-order valence-corrected chi connectivity index (χ4v) is 5.96. The molecule has 222 valence electrons. The second kappa shape index (κ2) is 13.3. The van der Waals surface area contributed by atoms with Gasteiger partial charge in [0.1, 0.15) is 5.75 Å². The van der Waals surface area contributed by atoms with Gasteiger partial charge in [-0.05, 0) is 54.4 Å². The van der Waals surface area contributed by atoms with Crippen molar-refractivity contribution in [2.45, 2.75) is 18.7 Å². The van der Waals surface area contributed by atoms with Crippen molar-refractivity contribution in [1.29, 1.82) is 0 Å². The molecule has 0 aliphatic heterocycles. The summed E-state index contributed by atoms with van der Waals surface area (Å²) in [6, 6.07) is 18.5. The number of nitrogens with one attached hydrogen (secondary N) is 1. The molecule has 0 atom stereocenters. The number of hydrogen-bond donors (Lipinski definition) is 1. The zero-order valence-corrected chi connectivity index (χ0v) is 25.6. The van der Waals surface area contributed by atoms with E-state index in [0.717, 1.165) is 5.56 Å². The summed E-state index contributed by atoms with van der Waals surface area (Å²) in [5, 5.41) is 3.39. The highest BCUT2D eigenvalue weighted by Crippen LogP contribution is 2.32. The van der Waals surface area contributed by atoms with Crippen LogP contribution in [0.2, 0.25) is 5.02 Å². The van der Waals surface area contributed by atoms with Crippen molar-refractivity contribution in [2.75, 3.05) is 39.7 Å². The minimum atomic E-state index is -3.98. The van der Waals surface area contributed by atoms with Crippen LogP contribution < -0.4 is 19.5 Å². The normalized spacial score (nSPS) is 11.5. The van der Waals surface area contributed by atoms with Gasteiger partial charge in [-0.3, -0.25) is 14.7 Å². The van der Waals surface area contributed by atoms with Gasteiger partial charge in [-0.1, -0.05) is 37.6 Å². The van der Waals surface area contributed by atoms with Crippen LogP contribution in [-0.4, -0.2) is 62.6 Å². The van der Waals surface area contributed by atoms with E-state index in [1.807, 2.05) is 26.0 Å². The summed E-state index contributed by atoms with van der Waals surface area (Å²) in [5.74, 6) is 1.17. The number of imidazole rings is 1. The molecule has 0 fully saturated rings. The van der Waals surface area contributed by atoms with Crippen LogP contribution >= 0.6 is 11.6 Å². The number of rotatable bonds is 12. The minimum Gasteiger partial charge on any atom is -0.497 e. The molecule has 0 spiro atoms. The summed E-state index contributed by atoms with van der Waals surface area (Å²) < 4.78 is 45.9. The quantitative estimate of drug-likeness (QED) is 0.225. The number of anilines is 1. The third kappa shape index (κ3) is 7.04. The molecular formula is C30H33ClN4O6S. The van der Waals surface area contributed by atoms with Crippen molar-refractivity contribution in [3.63, 3.8) is 0 Å². The Labute approximate surface area is 250 Å². The van der Waals surface area contributed by atoms with Gasteiger partial charge in [-0.15, -0.1) is 0 Å². The van der Waals surface area contributed by atoms with Crippen LogP contribution in [0.3, 0.4) is 0 Å². The second-order valence-electron chi connectivity index (χ2n) is 9.78. The first kappa shape index (κ1) is 30.9. The minimum absolute atomic E-state index is 0.0314. The molecule has 0 aliphatic rings. The number of methoxy groups -OCH3 is 3. The van der Waals surface area contributed by atoms with Gasteiger partial charge in [-0.2, -0.15) is 4.31 Å². The Hall–Kier alpha value is -4.06. The molecule has 3 aromatic carbocycles. The third-order valence-electron chi connectivity index (χ3n) is 6.33. The van der Waals surface area contributed by atoms with E-state index in [9.17, 15) is 13.2 Å². The van der Waals surface area contributed by atoms with Gasteiger partial charge < -0.3 is 14.2 Å². The first-order chi connectivity index (χ1) is 20.0. The molecule has 0 radical (unpaired) electrons. The van der Waals surface area contributed by atoms with Crippen molar-refractivity contribution in [1.82, 2.24) is 13.9 Å². The summed E-state index contributed by atoms with van der Waals surface area (Å²) in [5.41, 5.74) is 1.99. The Kier molecular flexibility index (Phi) is 9.77. The molecule has 1 aromatic heterocycles. The van der Waals surface area contributed by atoms with Gasteiger partial charge in [-0.25, -0.2) is 13.4 Å². The molecule has 1 amide bonds. The standard InChI is InChI=1S/C30H33ClN4O6S/c1-20(2)17-34(42(37,38)25-13-11-24(39-3)12-14-25)19-29(36)33-30-32-26(21-6-8-22(31)9-7-21)18-35(30)23-10-15-27(40-4)28(16-23)41-5/h6-16,18,20H,17,19H2,1-5H3,(H,32,33,36). The maximum Gasteiger partial charge on any atom is 0.243 e. The van der Waals surface area contributed by atoms with E-state index in [-0.39, 0.29) is 23.3 Å². The van der Waals surface area contributed by atoms with Crippen LogP contribution in [0.25, 0.3) is 16.9 Å². The van der Waals surface area contributed by atoms with E-state index < -0.39 is 22.5 Å². The second-order valence-corrected chi connectivity index (χ2v) is 12.2. The number of sulfonamides is 1. The lowest BCUT2D eigenvalue weighted by atomic mass is 10.2. The summed E-state index contributed by atoms with van der Waals surface area (Å²) in [6.45, 7) is 3.50. The van der Waals surface area contributed by atoms with E-state index in [4.69, 9.17) is 25.8 Å². The molecule has 10 nitrogen and oxygen atoms in total. The Morgan fingerprint density at radius 1 is 0.952 bits per heavy atom. The van der Waals surface area contributed by atoms with Crippen LogP contribution in [0.15, 0.2) is 77.8 Å². The molecule has 1 N–H and O–H groups in total. The topological polar surface area (TPSA) is 112 Å². The Morgan fingerprint density at radius 3 is 2.21 bits per heavy atom. The lowest BCUT2D eigenvalue weighted by molar-refractivity contribution is -0.116. The molecular weight excluding hydrogens is 580 g/mol. The zero-order chi connectivity index (χ0) is 30.4. The van der Waals surface area contributed by atoms with Gasteiger partial charge in [0.2, 0.25) is 21.9 Å². The number of benzene rings is 3. The molecule has 0 unspecified atom stereocenters. The van der Waals surface area contributed by atoms with Gasteiger partial charge in [0.25, 0.3) is 0 Å². The molecule has 0 aliphatic carbocycles. The predicted molar refractivity (Wildman–Crippen MR) is 162 cm³/mol. The first-order valence-corrected chi connectivity index (χ1v) is 14.9. The van der Waals surface area contributed by atoms with Crippen molar-refractivity contribution in [3.05, 3.63) is 77.9 Å². The number of nitrogens with zero attached hydrogens (tertiary/aromatic N) is 3. The first-order valence-electron chi connectivity index (χ1n) is 13.1. The van der Waals surface area contributed by atoms with Crippen LogP contribution in [0.1, 0.15) is 13.8 Å². The van der Waals surface area contributed by atoms with E-state index >= 15 is 0 Å². The SMILES string of the molecule is COc1ccc(S(=O)(=O)N(CC(=O)Nc2nc(-c3ccc(Cl)cc3)cn2-c2ccc(OC)c(OC)c2)CC(C)C)cc1. The van der Waals surface area contributed by atoms with Crippen LogP contribution in [0.4, 0.5) is 5.95 Å². The summed E-state index contributed by atoms with van der Waals surface area (Å²) in [7, 11) is 0.596. The number of amides is 1. The monoisotopic (exact) mass is 612 g/mol. The third-order valence-corrected chi connectivity index (χ3v) is 8.41. The molecule has 4 aromatic rings. The molecule has 0 bridgehead atoms. The highest BCUT2D eigenvalue weighted by atomic mass is 35.5. The Bertz CT molecular complexity index is 1640. The van der Waals surface area contributed by atoms with Crippen LogP contribution in [-0.2, 0) is 14.8 Å². The maximum absolute atomic E-state index is 13.5. The lowest BCUT2D eigenvalue weighted by Crippen LogP contribution is -2.40. The van der Waals surface area contributed by atoms with Crippen molar-refractivity contribution in [3.8, 4) is 34.2 Å². The van der Waals surface area contributed by atoms with E-state index in [1.54, 1.807) is 60.3 Å². The number of hydrogen-bond acceptors (Lipinski definition) is 7. The van der Waals surface area contributed by atoms with Gasteiger partial charge in [0.05, 0.1) is 44.2 Å². The molecule has 4 rings (SSSR count). The van der Waals surface area contributed by atoms with Gasteiger partial charge >= 0.3 is 0 Å². The fourth-order valence-electron chi connectivity index (χ4n) is 4.28. The summed E-state index contributed by atoms with van der Waals surface area (Å²) >= 11 is 6.07. The van der Waals surface area contributed by atoms with Crippen molar-refractivity contribution >= 4 is 33.5 Å². The Balaban J connectivity index is 1.68. The molecule has 0 saturated carbocycles. The molecule has 0 saturated heterocycles. The maximum atomic E-state index is 13.5. The average molecular weight is 613 g/mol. The van der Waals surface area contributed by atoms with Crippen LogP contribution in [0, 0.1) is 5.92 Å². The smallest absolute Gasteiger partial charge is 0.243 e. The Morgan fingerprint density at radius 2 is 1.62 bits per heavy atom. The van der Waals surface area contributed by atoms with E-state index in [1.165, 1.54) is 30.7 Å². The molecule has 42 heavy (non-hydrogen) atoms. The molecule has 1 heterocycles. The number of halogens is 1. The lowest BCUT2D eigenvalue weighted by Gasteiger charge is -2.23. The number of carbonyl (C=O) groups excluding carboxylic acids is 1. The van der Waals surface area contributed by atoms with Crippen molar-refractivity contribution in [2.24, 2.45) is 5.92 Å². The van der Waals surface area contributed by atoms with Gasteiger partial charge in [0.15, 0.2) is 11.5 Å². The zero-order valence-electron chi connectivity index (χ0n) is 24.0. The van der Waals surface area contributed by atoms with Crippen molar-refractivity contribution < 1.29 is 27.4 Å². The summed E-state index contributed by atoms with van der Waals surface area (Å²) in [6.07, 6.45) is 1.76. The fraction of sp³-hybridized carbons (Fsp3) is 0.267. The largest absolute Gasteiger partial charge is 0.497 e. The van der Waals surface area contributed by atoms with E-state index in [0.29, 0.717) is 33.7 Å². The number of carbonyl (C=O) groups is 1. The number of ether oxygens (including phenoxy) is 3. The predicted octanol–water partition coefficient (Wildman–Crippen LogP) is 5.50. The van der Waals surface area contributed by atoms with E-state index in [2.05, 4.69) is 10.3 Å². The molecule has 12 heteroatoms. The summed E-state index contributed by atoms with van der Waals surface area (Å²) in [4.78, 5) is 18.2. The van der Waals surface area contributed by atoms with Crippen LogP contribution in [0.5, 0.6) is 17.2 Å².